The van der Waals surface area contributed by atoms with Crippen LogP contribution in [0.2, 0.25) is 0 Å². The summed E-state index contributed by atoms with van der Waals surface area (Å²) in [4.78, 5) is 15.2. The number of aliphatic hydroxyl groups excluding tert-OH is 1. The van der Waals surface area contributed by atoms with Crippen molar-refractivity contribution in [3.05, 3.63) is 41.5 Å². The molecule has 2 fully saturated rings. The SMILES string of the molecule is CCCNC[C@@H]1[C@@H](c2ccc(C3=CCCC3)cc2)[C@@H](CO)N1C(=O)C1CCCC1. The van der Waals surface area contributed by atoms with Crippen molar-refractivity contribution in [1.29, 1.82) is 0 Å². The second-order valence-corrected chi connectivity index (χ2v) is 9.02. The van der Waals surface area contributed by atoms with E-state index in [1.54, 1.807) is 0 Å². The van der Waals surface area contributed by atoms with Gasteiger partial charge in [0.2, 0.25) is 5.91 Å². The Bertz CT molecular complexity index is 721. The summed E-state index contributed by atoms with van der Waals surface area (Å²) in [7, 11) is 0. The van der Waals surface area contributed by atoms with Crippen LogP contribution in [0.15, 0.2) is 30.3 Å². The number of benzene rings is 1. The number of aliphatic hydroxyl groups is 1. The van der Waals surface area contributed by atoms with Gasteiger partial charge < -0.3 is 15.3 Å². The van der Waals surface area contributed by atoms with Gasteiger partial charge in [-0.2, -0.15) is 0 Å². The lowest BCUT2D eigenvalue weighted by Gasteiger charge is -2.56. The molecule has 2 aliphatic carbocycles. The van der Waals surface area contributed by atoms with Crippen LogP contribution in [0.4, 0.5) is 0 Å². The van der Waals surface area contributed by atoms with Crippen molar-refractivity contribution in [2.45, 2.75) is 76.3 Å². The number of carbonyl (C=O) groups excluding carboxylic acids is 1. The molecule has 1 saturated heterocycles. The number of rotatable bonds is 8. The molecule has 1 heterocycles. The summed E-state index contributed by atoms with van der Waals surface area (Å²) in [6, 6.07) is 8.98. The number of allylic oxidation sites excluding steroid dienone is 2. The van der Waals surface area contributed by atoms with Gasteiger partial charge in [0.25, 0.3) is 0 Å². The zero-order valence-electron chi connectivity index (χ0n) is 17.8. The maximum Gasteiger partial charge on any atom is 0.226 e. The van der Waals surface area contributed by atoms with E-state index in [4.69, 9.17) is 0 Å². The normalized spacial score (nSPS) is 27.2. The number of hydrogen-bond acceptors (Lipinski definition) is 3. The molecule has 4 heteroatoms. The molecule has 1 aromatic rings. The lowest BCUT2D eigenvalue weighted by Crippen LogP contribution is -2.69. The molecule has 4 rings (SSSR count). The van der Waals surface area contributed by atoms with Gasteiger partial charge >= 0.3 is 0 Å². The summed E-state index contributed by atoms with van der Waals surface area (Å²) in [5, 5.41) is 13.7. The van der Waals surface area contributed by atoms with Crippen molar-refractivity contribution in [2.24, 2.45) is 5.92 Å². The highest BCUT2D eigenvalue weighted by Gasteiger charge is 2.51. The summed E-state index contributed by atoms with van der Waals surface area (Å²) in [6.07, 6.45) is 11.4. The molecule has 3 aliphatic rings. The molecule has 0 radical (unpaired) electrons. The van der Waals surface area contributed by atoms with E-state index in [1.807, 2.05) is 4.90 Å². The molecule has 0 spiro atoms. The first-order valence-corrected chi connectivity index (χ1v) is 11.7. The lowest BCUT2D eigenvalue weighted by atomic mass is 9.74. The predicted octanol–water partition coefficient (Wildman–Crippen LogP) is 4.10. The second-order valence-electron chi connectivity index (χ2n) is 9.02. The minimum Gasteiger partial charge on any atom is -0.394 e. The zero-order valence-corrected chi connectivity index (χ0v) is 17.8. The fourth-order valence-electron chi connectivity index (χ4n) is 5.61. The van der Waals surface area contributed by atoms with E-state index in [9.17, 15) is 9.90 Å². The summed E-state index contributed by atoms with van der Waals surface area (Å²) in [5.74, 6) is 0.644. The van der Waals surface area contributed by atoms with Gasteiger partial charge in [0, 0.05) is 18.4 Å². The Morgan fingerprint density at radius 1 is 1.14 bits per heavy atom. The van der Waals surface area contributed by atoms with Gasteiger partial charge in [-0.25, -0.2) is 0 Å². The van der Waals surface area contributed by atoms with Crippen molar-refractivity contribution >= 4 is 11.5 Å². The van der Waals surface area contributed by atoms with Crippen LogP contribution in [0, 0.1) is 5.92 Å². The minimum absolute atomic E-state index is 0.0420. The van der Waals surface area contributed by atoms with Crippen LogP contribution in [0.1, 0.15) is 75.3 Å². The molecule has 1 saturated carbocycles. The molecule has 4 nitrogen and oxygen atoms in total. The molecular weight excluding hydrogens is 360 g/mol. The third kappa shape index (κ3) is 4.15. The van der Waals surface area contributed by atoms with Crippen LogP contribution < -0.4 is 5.32 Å². The standard InChI is InChI=1S/C25H36N2O2/c1-2-15-26-16-22-24(20-13-11-19(12-14-20)18-7-3-4-8-18)23(17-28)27(22)25(29)21-9-5-6-10-21/h7,11-14,21-24,26,28H,2-6,8-10,15-17H2,1H3/t22-,23-,24-/m1/s1. The van der Waals surface area contributed by atoms with E-state index >= 15 is 0 Å². The molecule has 0 aromatic heterocycles. The number of hydrogen-bond donors (Lipinski definition) is 2. The molecule has 158 valence electrons. The number of amides is 1. The Morgan fingerprint density at radius 3 is 2.52 bits per heavy atom. The van der Waals surface area contributed by atoms with Gasteiger partial charge in [-0.05, 0) is 61.8 Å². The zero-order chi connectivity index (χ0) is 20.2. The van der Waals surface area contributed by atoms with Gasteiger partial charge in [-0.15, -0.1) is 0 Å². The first-order chi connectivity index (χ1) is 14.2. The number of carbonyl (C=O) groups is 1. The summed E-state index contributed by atoms with van der Waals surface area (Å²) in [5.41, 5.74) is 4.04. The van der Waals surface area contributed by atoms with E-state index in [1.165, 1.54) is 36.0 Å². The summed E-state index contributed by atoms with van der Waals surface area (Å²) >= 11 is 0. The van der Waals surface area contributed by atoms with Crippen molar-refractivity contribution in [3.8, 4) is 0 Å². The second kappa shape index (κ2) is 9.44. The van der Waals surface area contributed by atoms with Crippen LogP contribution in [0.5, 0.6) is 0 Å². The van der Waals surface area contributed by atoms with E-state index < -0.39 is 0 Å². The highest BCUT2D eigenvalue weighted by molar-refractivity contribution is 5.81. The Labute approximate surface area is 175 Å². The number of likely N-dealkylation sites (tertiary alicyclic amines) is 1. The molecule has 2 N–H and O–H groups in total. The molecule has 1 amide bonds. The predicted molar refractivity (Wildman–Crippen MR) is 118 cm³/mol. The first kappa shape index (κ1) is 20.6. The van der Waals surface area contributed by atoms with Crippen LogP contribution in [-0.4, -0.2) is 47.7 Å². The largest absolute Gasteiger partial charge is 0.394 e. The average Bonchev–Trinajstić information content (AvgIpc) is 3.45. The molecule has 3 atom stereocenters. The fraction of sp³-hybridized carbons (Fsp3) is 0.640. The van der Waals surface area contributed by atoms with Crippen molar-refractivity contribution in [3.63, 3.8) is 0 Å². The van der Waals surface area contributed by atoms with Gasteiger partial charge in [0.05, 0.1) is 18.7 Å². The monoisotopic (exact) mass is 396 g/mol. The maximum absolute atomic E-state index is 13.2. The highest BCUT2D eigenvalue weighted by atomic mass is 16.3. The molecule has 1 aromatic carbocycles. The summed E-state index contributed by atoms with van der Waals surface area (Å²) in [6.45, 7) is 3.98. The van der Waals surface area contributed by atoms with E-state index in [-0.39, 0.29) is 36.4 Å². The average molecular weight is 397 g/mol. The lowest BCUT2D eigenvalue weighted by molar-refractivity contribution is -0.154. The van der Waals surface area contributed by atoms with Gasteiger partial charge in [0.1, 0.15) is 0 Å². The third-order valence-corrected chi connectivity index (χ3v) is 7.18. The molecule has 29 heavy (non-hydrogen) atoms. The van der Waals surface area contributed by atoms with Gasteiger partial charge in [0.15, 0.2) is 0 Å². The van der Waals surface area contributed by atoms with Crippen LogP contribution >= 0.6 is 0 Å². The number of nitrogens with one attached hydrogen (secondary N) is 1. The Kier molecular flexibility index (Phi) is 6.71. The Morgan fingerprint density at radius 2 is 1.90 bits per heavy atom. The molecule has 1 aliphatic heterocycles. The summed E-state index contributed by atoms with van der Waals surface area (Å²) < 4.78 is 0. The number of nitrogens with zero attached hydrogens (tertiary/aromatic N) is 1. The Balaban J connectivity index is 1.53. The van der Waals surface area contributed by atoms with E-state index in [0.29, 0.717) is 0 Å². The molecular formula is C25H36N2O2. The van der Waals surface area contributed by atoms with Crippen LogP contribution in [0.3, 0.4) is 0 Å². The maximum atomic E-state index is 13.2. The van der Waals surface area contributed by atoms with Crippen LogP contribution in [-0.2, 0) is 4.79 Å². The first-order valence-electron chi connectivity index (χ1n) is 11.7. The molecule has 0 unspecified atom stereocenters. The van der Waals surface area contributed by atoms with Crippen molar-refractivity contribution in [2.75, 3.05) is 19.7 Å². The highest BCUT2D eigenvalue weighted by Crippen LogP contribution is 2.43. The third-order valence-electron chi connectivity index (χ3n) is 7.18. The smallest absolute Gasteiger partial charge is 0.226 e. The fourth-order valence-corrected chi connectivity index (χ4v) is 5.61. The van der Waals surface area contributed by atoms with Crippen LogP contribution in [0.25, 0.3) is 5.57 Å². The Hall–Kier alpha value is -1.65. The molecule has 0 bridgehead atoms. The van der Waals surface area contributed by atoms with E-state index in [2.05, 4.69) is 42.6 Å². The topological polar surface area (TPSA) is 52.6 Å². The van der Waals surface area contributed by atoms with E-state index in [0.717, 1.165) is 45.2 Å². The van der Waals surface area contributed by atoms with Gasteiger partial charge in [-0.3, -0.25) is 4.79 Å². The van der Waals surface area contributed by atoms with Crippen molar-refractivity contribution in [1.82, 2.24) is 10.2 Å². The quantitative estimate of drug-likeness (QED) is 0.651. The van der Waals surface area contributed by atoms with Gasteiger partial charge in [-0.1, -0.05) is 50.1 Å². The minimum atomic E-state index is -0.0897. The van der Waals surface area contributed by atoms with Crippen molar-refractivity contribution < 1.29 is 9.90 Å².